The molecule has 0 aliphatic rings. The molecule has 0 aliphatic heterocycles. The van der Waals surface area contributed by atoms with Gasteiger partial charge in [-0.2, -0.15) is 11.8 Å². The summed E-state index contributed by atoms with van der Waals surface area (Å²) in [5, 5.41) is 14.1. The van der Waals surface area contributed by atoms with Gasteiger partial charge in [0.05, 0.1) is 0 Å². The first-order chi connectivity index (χ1) is 8.32. The van der Waals surface area contributed by atoms with Gasteiger partial charge in [-0.15, -0.1) is 0 Å². The summed E-state index contributed by atoms with van der Waals surface area (Å²) < 4.78 is 0. The van der Waals surface area contributed by atoms with Crippen molar-refractivity contribution in [2.75, 3.05) is 18.6 Å². The summed E-state index contributed by atoms with van der Waals surface area (Å²) >= 11 is 1.59. The standard InChI is InChI=1S/C11H23N3O3S/c1-11(2,5-6-15)14-9(16)8(4-7-18-3)13-10(12)17/h8,15H,4-7H2,1-3H3,(H,14,16)(H3,12,13,17). The number of carbonyl (C=O) groups excluding carboxylic acids is 2. The summed E-state index contributed by atoms with van der Waals surface area (Å²) in [6, 6.07) is -1.34. The number of amides is 3. The normalized spacial score (nSPS) is 12.9. The molecule has 0 aromatic rings. The number of rotatable bonds is 8. The minimum atomic E-state index is -0.712. The van der Waals surface area contributed by atoms with Crippen LogP contribution in [0.15, 0.2) is 0 Å². The molecular weight excluding hydrogens is 254 g/mol. The van der Waals surface area contributed by atoms with Gasteiger partial charge in [0.15, 0.2) is 0 Å². The third-order valence-corrected chi connectivity index (χ3v) is 3.09. The summed E-state index contributed by atoms with van der Waals surface area (Å²) in [5.41, 5.74) is 4.54. The van der Waals surface area contributed by atoms with E-state index in [9.17, 15) is 9.59 Å². The van der Waals surface area contributed by atoms with E-state index < -0.39 is 17.6 Å². The molecule has 106 valence electrons. The SMILES string of the molecule is CSCCC(NC(N)=O)C(=O)NC(C)(C)CCO. The lowest BCUT2D eigenvalue weighted by molar-refractivity contribution is -0.124. The topological polar surface area (TPSA) is 104 Å². The molecule has 0 aliphatic carbocycles. The molecule has 5 N–H and O–H groups in total. The van der Waals surface area contributed by atoms with Gasteiger partial charge < -0.3 is 21.5 Å². The Balaban J connectivity index is 4.49. The molecule has 0 saturated carbocycles. The molecule has 3 amide bonds. The number of aliphatic hydroxyl groups excluding tert-OH is 1. The third kappa shape index (κ3) is 7.39. The maximum Gasteiger partial charge on any atom is 0.312 e. The minimum absolute atomic E-state index is 0.00793. The third-order valence-electron chi connectivity index (χ3n) is 2.44. The monoisotopic (exact) mass is 277 g/mol. The zero-order valence-electron chi connectivity index (χ0n) is 11.2. The predicted molar refractivity (Wildman–Crippen MR) is 73.4 cm³/mol. The quantitative estimate of drug-likeness (QED) is 0.503. The van der Waals surface area contributed by atoms with E-state index >= 15 is 0 Å². The maximum absolute atomic E-state index is 12.0. The van der Waals surface area contributed by atoms with Crippen LogP contribution in [0.4, 0.5) is 4.79 Å². The van der Waals surface area contributed by atoms with Crippen LogP contribution in [0.25, 0.3) is 0 Å². The lowest BCUT2D eigenvalue weighted by atomic mass is 10.0. The molecule has 0 saturated heterocycles. The summed E-state index contributed by atoms with van der Waals surface area (Å²) in [7, 11) is 0. The van der Waals surface area contributed by atoms with E-state index in [-0.39, 0.29) is 12.5 Å². The Morgan fingerprint density at radius 2 is 2.06 bits per heavy atom. The molecule has 0 fully saturated rings. The van der Waals surface area contributed by atoms with E-state index in [0.29, 0.717) is 12.8 Å². The van der Waals surface area contributed by atoms with Crippen molar-refractivity contribution in [2.45, 2.75) is 38.3 Å². The minimum Gasteiger partial charge on any atom is -0.396 e. The van der Waals surface area contributed by atoms with E-state index in [1.54, 1.807) is 11.8 Å². The first-order valence-electron chi connectivity index (χ1n) is 5.80. The summed E-state index contributed by atoms with van der Waals surface area (Å²) in [5.74, 6) is 0.472. The van der Waals surface area contributed by atoms with Crippen LogP contribution in [0.3, 0.4) is 0 Å². The number of nitrogens with one attached hydrogen (secondary N) is 2. The number of nitrogens with two attached hydrogens (primary N) is 1. The Labute approximate surface area is 112 Å². The van der Waals surface area contributed by atoms with E-state index in [4.69, 9.17) is 10.8 Å². The second kappa shape index (κ2) is 8.20. The number of hydrogen-bond donors (Lipinski definition) is 4. The molecule has 7 heteroatoms. The van der Waals surface area contributed by atoms with E-state index in [1.807, 2.05) is 20.1 Å². The van der Waals surface area contributed by atoms with Crippen molar-refractivity contribution in [3.05, 3.63) is 0 Å². The van der Waals surface area contributed by atoms with E-state index in [2.05, 4.69) is 10.6 Å². The van der Waals surface area contributed by atoms with Crippen molar-refractivity contribution >= 4 is 23.7 Å². The number of thioether (sulfide) groups is 1. The lowest BCUT2D eigenvalue weighted by Crippen LogP contribution is -2.54. The van der Waals surface area contributed by atoms with Crippen molar-refractivity contribution in [1.82, 2.24) is 10.6 Å². The van der Waals surface area contributed by atoms with Crippen molar-refractivity contribution < 1.29 is 14.7 Å². The van der Waals surface area contributed by atoms with Crippen LogP contribution >= 0.6 is 11.8 Å². The van der Waals surface area contributed by atoms with Crippen LogP contribution in [0.5, 0.6) is 0 Å². The highest BCUT2D eigenvalue weighted by molar-refractivity contribution is 7.98. The van der Waals surface area contributed by atoms with Crippen LogP contribution in [0, 0.1) is 0 Å². The van der Waals surface area contributed by atoms with Gasteiger partial charge in [-0.25, -0.2) is 4.79 Å². The second-order valence-electron chi connectivity index (χ2n) is 4.69. The van der Waals surface area contributed by atoms with Gasteiger partial charge in [-0.1, -0.05) is 0 Å². The van der Waals surface area contributed by atoms with Gasteiger partial charge in [-0.05, 0) is 38.7 Å². The van der Waals surface area contributed by atoms with Crippen molar-refractivity contribution in [3.8, 4) is 0 Å². The summed E-state index contributed by atoms with van der Waals surface area (Å²) in [6.07, 6.45) is 2.89. The average molecular weight is 277 g/mol. The Hall–Kier alpha value is -0.950. The maximum atomic E-state index is 12.0. The molecule has 1 unspecified atom stereocenters. The summed E-state index contributed by atoms with van der Waals surface area (Å²) in [6.45, 7) is 3.63. The predicted octanol–water partition coefficient (Wildman–Crippen LogP) is 0.0536. The fourth-order valence-electron chi connectivity index (χ4n) is 1.44. The average Bonchev–Trinajstić information content (AvgIpc) is 2.22. The Bertz CT molecular complexity index is 285. The van der Waals surface area contributed by atoms with Crippen LogP contribution in [-0.4, -0.2) is 47.2 Å². The van der Waals surface area contributed by atoms with Gasteiger partial charge in [0.2, 0.25) is 5.91 Å². The molecule has 1 atom stereocenters. The highest BCUT2D eigenvalue weighted by Crippen LogP contribution is 2.09. The van der Waals surface area contributed by atoms with Crippen molar-refractivity contribution in [1.29, 1.82) is 0 Å². The molecule has 0 radical (unpaired) electrons. The molecule has 0 aromatic carbocycles. The lowest BCUT2D eigenvalue weighted by Gasteiger charge is -2.28. The number of urea groups is 1. The van der Waals surface area contributed by atoms with Gasteiger partial charge in [0.25, 0.3) is 0 Å². The Morgan fingerprint density at radius 1 is 1.44 bits per heavy atom. The molecule has 0 heterocycles. The fourth-order valence-corrected chi connectivity index (χ4v) is 1.91. The second-order valence-corrected chi connectivity index (χ2v) is 5.67. The number of primary amides is 1. The summed E-state index contributed by atoms with van der Waals surface area (Å²) in [4.78, 5) is 22.9. The molecule has 0 bridgehead atoms. The van der Waals surface area contributed by atoms with E-state index in [1.165, 1.54) is 0 Å². The van der Waals surface area contributed by atoms with Crippen LogP contribution in [0.2, 0.25) is 0 Å². The highest BCUT2D eigenvalue weighted by atomic mass is 32.2. The first kappa shape index (κ1) is 17.1. The van der Waals surface area contributed by atoms with Crippen LogP contribution in [-0.2, 0) is 4.79 Å². The number of aliphatic hydroxyl groups is 1. The number of carbonyl (C=O) groups is 2. The van der Waals surface area contributed by atoms with Gasteiger partial charge in [0, 0.05) is 12.1 Å². The van der Waals surface area contributed by atoms with Crippen LogP contribution in [0.1, 0.15) is 26.7 Å². The molecule has 0 aromatic heterocycles. The number of hydrogen-bond acceptors (Lipinski definition) is 4. The van der Waals surface area contributed by atoms with Crippen molar-refractivity contribution in [2.24, 2.45) is 5.73 Å². The molecule has 0 spiro atoms. The largest absolute Gasteiger partial charge is 0.396 e. The molecule has 0 rings (SSSR count). The molecular formula is C11H23N3O3S. The Kier molecular flexibility index (Phi) is 7.77. The zero-order valence-corrected chi connectivity index (χ0v) is 12.0. The van der Waals surface area contributed by atoms with Crippen molar-refractivity contribution in [3.63, 3.8) is 0 Å². The van der Waals surface area contributed by atoms with Gasteiger partial charge >= 0.3 is 6.03 Å². The Morgan fingerprint density at radius 3 is 2.50 bits per heavy atom. The highest BCUT2D eigenvalue weighted by Gasteiger charge is 2.25. The zero-order chi connectivity index (χ0) is 14.2. The molecule has 18 heavy (non-hydrogen) atoms. The van der Waals surface area contributed by atoms with Gasteiger partial charge in [-0.3, -0.25) is 4.79 Å². The first-order valence-corrected chi connectivity index (χ1v) is 7.19. The van der Waals surface area contributed by atoms with E-state index in [0.717, 1.165) is 5.75 Å². The van der Waals surface area contributed by atoms with Crippen LogP contribution < -0.4 is 16.4 Å². The van der Waals surface area contributed by atoms with Gasteiger partial charge in [0.1, 0.15) is 6.04 Å². The molecule has 6 nitrogen and oxygen atoms in total. The smallest absolute Gasteiger partial charge is 0.312 e. The fraction of sp³-hybridized carbons (Fsp3) is 0.818.